The molecule has 0 saturated heterocycles. The normalized spacial score (nSPS) is 10.6. The zero-order valence-corrected chi connectivity index (χ0v) is 10.6. The minimum Gasteiger partial charge on any atom is -0.495 e. The quantitative estimate of drug-likeness (QED) is 0.679. The Hall–Kier alpha value is -2.07. The summed E-state index contributed by atoms with van der Waals surface area (Å²) in [6.45, 7) is 0. The molecular weight excluding hydrogens is 250 g/mol. The first kappa shape index (κ1) is 12.4. The summed E-state index contributed by atoms with van der Waals surface area (Å²) in [5, 5.41) is 4.61. The van der Waals surface area contributed by atoms with Crippen LogP contribution in [0.4, 0.5) is 5.69 Å². The number of methoxy groups -OCH3 is 1. The molecule has 0 unspecified atom stereocenters. The van der Waals surface area contributed by atoms with Crippen LogP contribution in [0.15, 0.2) is 47.7 Å². The van der Waals surface area contributed by atoms with Gasteiger partial charge in [-0.3, -0.25) is 10.4 Å². The second-order valence-corrected chi connectivity index (χ2v) is 3.88. The predicted molar refractivity (Wildman–Crippen MR) is 73.5 cm³/mol. The molecule has 0 aliphatic rings. The summed E-state index contributed by atoms with van der Waals surface area (Å²) in [4.78, 5) is 4.12. The smallest absolute Gasteiger partial charge is 0.137 e. The van der Waals surface area contributed by atoms with Crippen LogP contribution in [0.1, 0.15) is 5.69 Å². The number of nitrogens with zero attached hydrogens (tertiary/aromatic N) is 2. The Morgan fingerprint density at radius 2 is 2.22 bits per heavy atom. The molecule has 4 nitrogen and oxygen atoms in total. The van der Waals surface area contributed by atoms with E-state index in [1.807, 2.05) is 24.3 Å². The molecule has 0 radical (unpaired) electrons. The molecule has 5 heteroatoms. The Labute approximate surface area is 110 Å². The molecule has 0 fully saturated rings. The highest BCUT2D eigenvalue weighted by Crippen LogP contribution is 2.27. The van der Waals surface area contributed by atoms with E-state index in [-0.39, 0.29) is 0 Å². The number of hydrogen-bond donors (Lipinski definition) is 1. The lowest BCUT2D eigenvalue weighted by Gasteiger charge is -2.05. The molecule has 0 bridgehead atoms. The van der Waals surface area contributed by atoms with Crippen LogP contribution in [0.2, 0.25) is 5.02 Å². The molecule has 0 spiro atoms. The third-order valence-corrected chi connectivity index (χ3v) is 2.53. The van der Waals surface area contributed by atoms with E-state index in [4.69, 9.17) is 16.3 Å². The summed E-state index contributed by atoms with van der Waals surface area (Å²) in [5.74, 6) is 0.635. The summed E-state index contributed by atoms with van der Waals surface area (Å²) < 4.78 is 5.07. The third-order valence-electron chi connectivity index (χ3n) is 2.23. The number of nitrogens with one attached hydrogen (secondary N) is 1. The standard InChI is InChI=1S/C13H12ClN3O/c1-18-13-6-5-10(8-12(13)14)17-16-9-11-4-2-3-7-15-11/h2-9,17H,1H3/b16-9+. The lowest BCUT2D eigenvalue weighted by Crippen LogP contribution is -1.93. The van der Waals surface area contributed by atoms with Gasteiger partial charge in [0.1, 0.15) is 5.75 Å². The predicted octanol–water partition coefficient (Wildman–Crippen LogP) is 3.19. The average Bonchev–Trinajstić information content (AvgIpc) is 2.40. The van der Waals surface area contributed by atoms with Gasteiger partial charge in [-0.25, -0.2) is 0 Å². The van der Waals surface area contributed by atoms with E-state index >= 15 is 0 Å². The van der Waals surface area contributed by atoms with Crippen LogP contribution in [-0.4, -0.2) is 18.3 Å². The van der Waals surface area contributed by atoms with Crippen molar-refractivity contribution in [1.29, 1.82) is 0 Å². The summed E-state index contributed by atoms with van der Waals surface area (Å²) >= 11 is 6.00. The number of benzene rings is 1. The van der Waals surface area contributed by atoms with Crippen LogP contribution in [0.25, 0.3) is 0 Å². The van der Waals surface area contributed by atoms with Crippen molar-refractivity contribution in [3.8, 4) is 5.75 Å². The number of aromatic nitrogens is 1. The molecule has 0 saturated carbocycles. The molecular formula is C13H12ClN3O. The van der Waals surface area contributed by atoms with Crippen LogP contribution < -0.4 is 10.2 Å². The van der Waals surface area contributed by atoms with Gasteiger partial charge in [-0.2, -0.15) is 5.10 Å². The molecule has 92 valence electrons. The first-order valence-corrected chi connectivity index (χ1v) is 5.71. The molecule has 2 rings (SSSR count). The fourth-order valence-corrected chi connectivity index (χ4v) is 1.62. The Morgan fingerprint density at radius 3 is 2.89 bits per heavy atom. The van der Waals surface area contributed by atoms with E-state index in [2.05, 4.69) is 15.5 Å². The lowest BCUT2D eigenvalue weighted by molar-refractivity contribution is 0.415. The number of ether oxygens (including phenoxy) is 1. The third kappa shape index (κ3) is 3.21. The largest absolute Gasteiger partial charge is 0.495 e. The van der Waals surface area contributed by atoms with Crippen LogP contribution in [0, 0.1) is 0 Å². The van der Waals surface area contributed by atoms with Crippen LogP contribution >= 0.6 is 11.6 Å². The van der Waals surface area contributed by atoms with Gasteiger partial charge < -0.3 is 4.74 Å². The Morgan fingerprint density at radius 1 is 1.33 bits per heavy atom. The summed E-state index contributed by atoms with van der Waals surface area (Å²) in [5.41, 5.74) is 4.44. The molecule has 1 aromatic carbocycles. The van der Waals surface area contributed by atoms with Gasteiger partial charge >= 0.3 is 0 Å². The van der Waals surface area contributed by atoms with E-state index in [9.17, 15) is 0 Å². The number of hydrazone groups is 1. The van der Waals surface area contributed by atoms with Gasteiger partial charge in [-0.1, -0.05) is 17.7 Å². The molecule has 0 aliphatic carbocycles. The molecule has 1 heterocycles. The Kier molecular flexibility index (Phi) is 4.15. The monoisotopic (exact) mass is 261 g/mol. The van der Waals surface area contributed by atoms with Crippen molar-refractivity contribution in [1.82, 2.24) is 4.98 Å². The van der Waals surface area contributed by atoms with E-state index in [1.54, 1.807) is 31.7 Å². The number of hydrogen-bond acceptors (Lipinski definition) is 4. The van der Waals surface area contributed by atoms with Crippen molar-refractivity contribution in [2.45, 2.75) is 0 Å². The summed E-state index contributed by atoms with van der Waals surface area (Å²) in [7, 11) is 1.58. The van der Waals surface area contributed by atoms with Crippen LogP contribution in [-0.2, 0) is 0 Å². The first-order valence-electron chi connectivity index (χ1n) is 5.33. The van der Waals surface area contributed by atoms with E-state index < -0.39 is 0 Å². The minimum atomic E-state index is 0.538. The molecule has 1 N–H and O–H groups in total. The highest BCUT2D eigenvalue weighted by Gasteiger charge is 2.00. The van der Waals surface area contributed by atoms with Crippen LogP contribution in [0.5, 0.6) is 5.75 Å². The van der Waals surface area contributed by atoms with Gasteiger partial charge in [0.15, 0.2) is 0 Å². The molecule has 1 aromatic heterocycles. The van der Waals surface area contributed by atoms with E-state index in [0.717, 1.165) is 11.4 Å². The van der Waals surface area contributed by atoms with Gasteiger partial charge in [-0.05, 0) is 30.3 Å². The number of pyridine rings is 1. The van der Waals surface area contributed by atoms with Crippen molar-refractivity contribution in [2.24, 2.45) is 5.10 Å². The fourth-order valence-electron chi connectivity index (χ4n) is 1.36. The second kappa shape index (κ2) is 6.02. The molecule has 2 aromatic rings. The second-order valence-electron chi connectivity index (χ2n) is 3.47. The van der Waals surface area contributed by atoms with Crippen molar-refractivity contribution < 1.29 is 4.74 Å². The highest BCUT2D eigenvalue weighted by molar-refractivity contribution is 6.32. The zero-order valence-electron chi connectivity index (χ0n) is 9.80. The van der Waals surface area contributed by atoms with Crippen LogP contribution in [0.3, 0.4) is 0 Å². The highest BCUT2D eigenvalue weighted by atomic mass is 35.5. The van der Waals surface area contributed by atoms with Gasteiger partial charge in [0.05, 0.1) is 29.7 Å². The molecule has 0 aliphatic heterocycles. The maximum Gasteiger partial charge on any atom is 0.137 e. The summed E-state index contributed by atoms with van der Waals surface area (Å²) in [6, 6.07) is 11.0. The average molecular weight is 262 g/mol. The SMILES string of the molecule is COc1ccc(N/N=C/c2ccccn2)cc1Cl. The minimum absolute atomic E-state index is 0.538. The molecule has 18 heavy (non-hydrogen) atoms. The number of rotatable bonds is 4. The first-order chi connectivity index (χ1) is 8.79. The van der Waals surface area contributed by atoms with Gasteiger partial charge in [0.2, 0.25) is 0 Å². The van der Waals surface area contributed by atoms with E-state index in [1.165, 1.54) is 0 Å². The fraction of sp³-hybridized carbons (Fsp3) is 0.0769. The molecule has 0 amide bonds. The van der Waals surface area contributed by atoms with Gasteiger partial charge in [-0.15, -0.1) is 0 Å². The van der Waals surface area contributed by atoms with Crippen molar-refractivity contribution in [3.63, 3.8) is 0 Å². The maximum absolute atomic E-state index is 6.00. The van der Waals surface area contributed by atoms with E-state index in [0.29, 0.717) is 10.8 Å². The van der Waals surface area contributed by atoms with Gasteiger partial charge in [0, 0.05) is 6.20 Å². The Bertz CT molecular complexity index is 543. The Balaban J connectivity index is 2.02. The van der Waals surface area contributed by atoms with Gasteiger partial charge in [0.25, 0.3) is 0 Å². The topological polar surface area (TPSA) is 46.5 Å². The maximum atomic E-state index is 6.00. The molecule has 0 atom stereocenters. The van der Waals surface area contributed by atoms with Crippen molar-refractivity contribution >= 4 is 23.5 Å². The number of anilines is 1. The van der Waals surface area contributed by atoms with Crippen molar-refractivity contribution in [2.75, 3.05) is 12.5 Å². The zero-order chi connectivity index (χ0) is 12.8. The summed E-state index contributed by atoms with van der Waals surface area (Å²) in [6.07, 6.45) is 3.35. The number of halogens is 1. The van der Waals surface area contributed by atoms with Crippen molar-refractivity contribution in [3.05, 3.63) is 53.3 Å². The lowest BCUT2D eigenvalue weighted by atomic mass is 10.3.